The zero-order valence-corrected chi connectivity index (χ0v) is 10.2. The number of fused-ring (bicyclic) bond motifs is 2. The molecule has 1 N–H and O–H groups in total. The summed E-state index contributed by atoms with van der Waals surface area (Å²) in [5.41, 5.74) is 1.64. The molecule has 3 heteroatoms. The van der Waals surface area contributed by atoms with Gasteiger partial charge in [0.05, 0.1) is 5.69 Å². The highest BCUT2D eigenvalue weighted by atomic mass is 19.1. The number of benzene rings is 1. The molecule has 3 atom stereocenters. The lowest BCUT2D eigenvalue weighted by molar-refractivity contribution is 0.254. The molecule has 2 bridgehead atoms. The lowest BCUT2D eigenvalue weighted by Crippen LogP contribution is -2.39. The van der Waals surface area contributed by atoms with Gasteiger partial charge >= 0.3 is 0 Å². The fraction of sp³-hybridized carbons (Fsp3) is 0.571. The Balaban J connectivity index is 1.73. The van der Waals surface area contributed by atoms with Crippen LogP contribution in [-0.4, -0.2) is 30.6 Å². The second-order valence-electron chi connectivity index (χ2n) is 5.37. The van der Waals surface area contributed by atoms with E-state index in [4.69, 9.17) is 0 Å². The number of rotatable bonds is 2. The number of hydrogen-bond acceptors (Lipinski definition) is 2. The second kappa shape index (κ2) is 4.30. The van der Waals surface area contributed by atoms with Gasteiger partial charge in [0.1, 0.15) is 5.82 Å². The second-order valence-corrected chi connectivity index (χ2v) is 5.37. The highest BCUT2D eigenvalue weighted by Gasteiger charge is 2.34. The Hall–Kier alpha value is -1.09. The minimum Gasteiger partial charge on any atom is -0.380 e. The van der Waals surface area contributed by atoms with Gasteiger partial charge in [0.25, 0.3) is 0 Å². The van der Waals surface area contributed by atoms with Gasteiger partial charge in [0.2, 0.25) is 0 Å². The van der Waals surface area contributed by atoms with Crippen LogP contribution in [0.3, 0.4) is 0 Å². The van der Waals surface area contributed by atoms with Crippen LogP contribution in [0.2, 0.25) is 0 Å². The minimum atomic E-state index is -0.120. The van der Waals surface area contributed by atoms with Gasteiger partial charge < -0.3 is 10.2 Å². The van der Waals surface area contributed by atoms with Crippen LogP contribution in [0.15, 0.2) is 18.2 Å². The number of hydrogen-bond donors (Lipinski definition) is 1. The van der Waals surface area contributed by atoms with Crippen molar-refractivity contribution in [3.05, 3.63) is 29.6 Å². The van der Waals surface area contributed by atoms with Gasteiger partial charge in [0.15, 0.2) is 0 Å². The van der Waals surface area contributed by atoms with E-state index in [0.29, 0.717) is 17.6 Å². The molecule has 2 heterocycles. The number of halogens is 1. The molecule has 92 valence electrons. The van der Waals surface area contributed by atoms with Crippen LogP contribution in [0.4, 0.5) is 10.1 Å². The molecule has 17 heavy (non-hydrogen) atoms. The largest absolute Gasteiger partial charge is 0.380 e. The van der Waals surface area contributed by atoms with Crippen molar-refractivity contribution >= 4 is 5.69 Å². The van der Waals surface area contributed by atoms with E-state index in [-0.39, 0.29) is 5.82 Å². The summed E-state index contributed by atoms with van der Waals surface area (Å²) in [6.07, 6.45) is 2.39. The molecule has 2 fully saturated rings. The summed E-state index contributed by atoms with van der Waals surface area (Å²) in [5.74, 6) is 0.579. The number of aryl methyl sites for hydroxylation is 1. The normalized spacial score (nSPS) is 31.5. The van der Waals surface area contributed by atoms with Crippen LogP contribution >= 0.6 is 0 Å². The third kappa shape index (κ3) is 2.16. The number of anilines is 1. The Morgan fingerprint density at radius 3 is 2.94 bits per heavy atom. The maximum absolute atomic E-state index is 13.8. The summed E-state index contributed by atoms with van der Waals surface area (Å²) in [4.78, 5) is 2.51. The third-order valence-corrected chi connectivity index (χ3v) is 4.10. The summed E-state index contributed by atoms with van der Waals surface area (Å²) in [5, 5.41) is 3.40. The van der Waals surface area contributed by atoms with Crippen LogP contribution in [0, 0.1) is 18.7 Å². The molecule has 0 spiro atoms. The Labute approximate surface area is 102 Å². The zero-order chi connectivity index (χ0) is 11.8. The van der Waals surface area contributed by atoms with Gasteiger partial charge in [-0.05, 0) is 49.9 Å². The molecule has 2 nitrogen and oxygen atoms in total. The third-order valence-electron chi connectivity index (χ3n) is 4.10. The van der Waals surface area contributed by atoms with E-state index in [1.165, 1.54) is 19.5 Å². The molecular weight excluding hydrogens is 215 g/mol. The lowest BCUT2D eigenvalue weighted by Gasteiger charge is -2.31. The highest BCUT2D eigenvalue weighted by Crippen LogP contribution is 2.30. The average Bonchev–Trinajstić information content (AvgIpc) is 2.69. The van der Waals surface area contributed by atoms with Crippen LogP contribution in [0.1, 0.15) is 18.4 Å². The lowest BCUT2D eigenvalue weighted by atomic mass is 9.94. The van der Waals surface area contributed by atoms with Gasteiger partial charge in [-0.15, -0.1) is 0 Å². The summed E-state index contributed by atoms with van der Waals surface area (Å²) in [6.45, 7) is 5.48. The van der Waals surface area contributed by atoms with Gasteiger partial charge in [0, 0.05) is 19.1 Å². The van der Waals surface area contributed by atoms with Crippen LogP contribution in [0.25, 0.3) is 0 Å². The van der Waals surface area contributed by atoms with E-state index in [1.807, 2.05) is 19.1 Å². The van der Waals surface area contributed by atoms with Crippen molar-refractivity contribution in [1.29, 1.82) is 0 Å². The van der Waals surface area contributed by atoms with E-state index in [0.717, 1.165) is 18.5 Å². The highest BCUT2D eigenvalue weighted by molar-refractivity contribution is 5.47. The number of piperidine rings is 1. The fourth-order valence-corrected chi connectivity index (χ4v) is 3.08. The first-order chi connectivity index (χ1) is 8.22. The molecule has 0 aliphatic carbocycles. The molecule has 0 saturated carbocycles. The monoisotopic (exact) mass is 234 g/mol. The van der Waals surface area contributed by atoms with E-state index in [2.05, 4.69) is 10.2 Å². The van der Waals surface area contributed by atoms with E-state index < -0.39 is 0 Å². The topological polar surface area (TPSA) is 15.3 Å². The molecule has 3 unspecified atom stereocenters. The molecule has 2 aliphatic rings. The maximum atomic E-state index is 13.8. The quantitative estimate of drug-likeness (QED) is 0.846. The molecule has 0 radical (unpaired) electrons. The van der Waals surface area contributed by atoms with E-state index >= 15 is 0 Å². The summed E-state index contributed by atoms with van der Waals surface area (Å²) in [6, 6.07) is 5.89. The van der Waals surface area contributed by atoms with Crippen molar-refractivity contribution in [2.45, 2.75) is 25.8 Å². The van der Waals surface area contributed by atoms with E-state index in [9.17, 15) is 4.39 Å². The maximum Gasteiger partial charge on any atom is 0.146 e. The van der Waals surface area contributed by atoms with Crippen molar-refractivity contribution in [2.24, 2.45) is 5.92 Å². The molecule has 0 aromatic heterocycles. The Bertz CT molecular complexity index is 419. The SMILES string of the molecule is Cc1ccc(NC2CCN3CCC2C3)c(F)c1. The van der Waals surface area contributed by atoms with Gasteiger partial charge in [-0.25, -0.2) is 4.39 Å². The van der Waals surface area contributed by atoms with Crippen molar-refractivity contribution < 1.29 is 4.39 Å². The predicted molar refractivity (Wildman–Crippen MR) is 67.7 cm³/mol. The fourth-order valence-electron chi connectivity index (χ4n) is 3.08. The first kappa shape index (κ1) is 11.0. The van der Waals surface area contributed by atoms with E-state index in [1.54, 1.807) is 6.07 Å². The smallest absolute Gasteiger partial charge is 0.146 e. The van der Waals surface area contributed by atoms with Gasteiger partial charge in [-0.3, -0.25) is 0 Å². The van der Waals surface area contributed by atoms with Crippen molar-refractivity contribution in [3.8, 4) is 0 Å². The average molecular weight is 234 g/mol. The molecule has 3 rings (SSSR count). The Morgan fingerprint density at radius 2 is 2.12 bits per heavy atom. The summed E-state index contributed by atoms with van der Waals surface area (Å²) in [7, 11) is 0. The Morgan fingerprint density at radius 1 is 1.29 bits per heavy atom. The first-order valence-electron chi connectivity index (χ1n) is 6.47. The predicted octanol–water partition coefficient (Wildman–Crippen LogP) is 2.64. The number of nitrogens with one attached hydrogen (secondary N) is 1. The Kier molecular flexibility index (Phi) is 2.79. The standard InChI is InChI=1S/C14H19FN2/c1-10-2-3-14(12(15)8-10)16-13-5-7-17-6-4-11(13)9-17/h2-3,8,11,13,16H,4-7,9H2,1H3. The van der Waals surface area contributed by atoms with Gasteiger partial charge in [-0.2, -0.15) is 0 Å². The molecule has 2 aliphatic heterocycles. The molecular formula is C14H19FN2. The number of nitrogens with zero attached hydrogens (tertiary/aromatic N) is 1. The summed E-state index contributed by atoms with van der Waals surface area (Å²) < 4.78 is 13.8. The van der Waals surface area contributed by atoms with Crippen molar-refractivity contribution in [1.82, 2.24) is 4.90 Å². The van der Waals surface area contributed by atoms with Crippen LogP contribution in [0.5, 0.6) is 0 Å². The summed E-state index contributed by atoms with van der Waals surface area (Å²) >= 11 is 0. The molecule has 0 amide bonds. The van der Waals surface area contributed by atoms with Gasteiger partial charge in [-0.1, -0.05) is 6.07 Å². The van der Waals surface area contributed by atoms with Crippen LogP contribution < -0.4 is 5.32 Å². The minimum absolute atomic E-state index is 0.120. The van der Waals surface area contributed by atoms with Crippen molar-refractivity contribution in [2.75, 3.05) is 25.0 Å². The molecule has 1 aromatic rings. The van der Waals surface area contributed by atoms with Crippen molar-refractivity contribution in [3.63, 3.8) is 0 Å². The zero-order valence-electron chi connectivity index (χ0n) is 10.2. The molecule has 1 aromatic carbocycles. The molecule has 2 saturated heterocycles. The first-order valence-corrected chi connectivity index (χ1v) is 6.47. The van der Waals surface area contributed by atoms with Crippen LogP contribution in [-0.2, 0) is 0 Å².